The predicted molar refractivity (Wildman–Crippen MR) is 68.2 cm³/mol. The maximum Gasteiger partial charge on any atom is 0.244 e. The van der Waals surface area contributed by atoms with Gasteiger partial charge < -0.3 is 4.74 Å². The quantitative estimate of drug-likeness (QED) is 0.845. The number of hydrogen-bond acceptors (Lipinski definition) is 4. The molecule has 6 heteroatoms. The summed E-state index contributed by atoms with van der Waals surface area (Å²) in [5, 5.41) is 0. The molecule has 5 nitrogen and oxygen atoms in total. The fourth-order valence-corrected chi connectivity index (χ4v) is 2.72. The van der Waals surface area contributed by atoms with E-state index >= 15 is 0 Å². The number of Topliss-reactive ketones (excluding diaryl/α,β-unsaturated/α-hetero) is 1. The summed E-state index contributed by atoms with van der Waals surface area (Å²) in [6.45, 7) is 3.31. The third kappa shape index (κ3) is 3.82. The first-order chi connectivity index (χ1) is 8.36. The summed E-state index contributed by atoms with van der Waals surface area (Å²) >= 11 is 0. The Hall–Kier alpha value is -1.40. The zero-order valence-corrected chi connectivity index (χ0v) is 11.5. The maximum atomic E-state index is 12.0. The molecule has 18 heavy (non-hydrogen) atoms. The lowest BCUT2D eigenvalue weighted by Gasteiger charge is -2.11. The number of rotatable bonds is 6. The molecule has 0 unspecified atom stereocenters. The highest BCUT2D eigenvalue weighted by molar-refractivity contribution is 7.89. The number of benzene rings is 1. The van der Waals surface area contributed by atoms with E-state index in [9.17, 15) is 13.2 Å². The van der Waals surface area contributed by atoms with Crippen molar-refractivity contribution in [1.29, 1.82) is 0 Å². The summed E-state index contributed by atoms with van der Waals surface area (Å²) < 4.78 is 31.5. The second-order valence-electron chi connectivity index (χ2n) is 4.00. The first-order valence-electron chi connectivity index (χ1n) is 5.50. The third-order valence-electron chi connectivity index (χ3n) is 2.38. The number of carbonyl (C=O) groups excluding carboxylic acids is 1. The molecule has 0 fully saturated rings. The molecule has 0 atom stereocenters. The number of sulfonamides is 1. The van der Waals surface area contributed by atoms with Crippen molar-refractivity contribution in [3.63, 3.8) is 0 Å². The number of nitrogens with one attached hydrogen (secondary N) is 1. The van der Waals surface area contributed by atoms with E-state index in [0.29, 0.717) is 0 Å². The van der Waals surface area contributed by atoms with E-state index in [-0.39, 0.29) is 29.4 Å². The number of hydrogen-bond donors (Lipinski definition) is 1. The van der Waals surface area contributed by atoms with Gasteiger partial charge in [0.05, 0.1) is 7.11 Å². The number of ether oxygens (including phenoxy) is 1. The molecule has 0 aliphatic rings. The Morgan fingerprint density at radius 2 is 2.06 bits per heavy atom. The lowest BCUT2D eigenvalue weighted by atomic mass is 10.2. The molecule has 0 radical (unpaired) electrons. The maximum absolute atomic E-state index is 12.0. The van der Waals surface area contributed by atoms with Crippen LogP contribution >= 0.6 is 0 Å². The minimum Gasteiger partial charge on any atom is -0.495 e. The number of ketones is 1. The fraction of sp³-hybridized carbons (Fsp3) is 0.417. The largest absolute Gasteiger partial charge is 0.495 e. The van der Waals surface area contributed by atoms with Crippen LogP contribution in [-0.4, -0.2) is 27.9 Å². The standard InChI is InChI=1S/C12H17NO4S/c1-9-4-5-11(17-3)12(8-9)18(15,16)13-7-6-10(2)14/h4-5,8,13H,6-7H2,1-3H3. The average Bonchev–Trinajstić information content (AvgIpc) is 2.28. The second kappa shape index (κ2) is 5.97. The van der Waals surface area contributed by atoms with Gasteiger partial charge >= 0.3 is 0 Å². The van der Waals surface area contributed by atoms with Gasteiger partial charge in [-0.25, -0.2) is 13.1 Å². The van der Waals surface area contributed by atoms with Crippen LogP contribution in [0.4, 0.5) is 0 Å². The van der Waals surface area contributed by atoms with Crippen molar-refractivity contribution in [2.75, 3.05) is 13.7 Å². The molecule has 0 spiro atoms. The molecule has 0 aliphatic heterocycles. The monoisotopic (exact) mass is 271 g/mol. The smallest absolute Gasteiger partial charge is 0.244 e. The van der Waals surface area contributed by atoms with Gasteiger partial charge in [0, 0.05) is 13.0 Å². The molecule has 1 aromatic rings. The van der Waals surface area contributed by atoms with Gasteiger partial charge in [-0.3, -0.25) is 4.79 Å². The van der Waals surface area contributed by atoms with Crippen molar-refractivity contribution in [3.05, 3.63) is 23.8 Å². The van der Waals surface area contributed by atoms with Crippen molar-refractivity contribution < 1.29 is 17.9 Å². The Morgan fingerprint density at radius 3 is 2.61 bits per heavy atom. The molecule has 1 rings (SSSR count). The van der Waals surface area contributed by atoms with Gasteiger partial charge in [0.25, 0.3) is 0 Å². The molecule has 0 saturated carbocycles. The van der Waals surface area contributed by atoms with E-state index < -0.39 is 10.0 Å². The summed E-state index contributed by atoms with van der Waals surface area (Å²) in [6.07, 6.45) is 0.174. The van der Waals surface area contributed by atoms with Gasteiger partial charge in [0.15, 0.2) is 0 Å². The second-order valence-corrected chi connectivity index (χ2v) is 5.74. The van der Waals surface area contributed by atoms with Crippen molar-refractivity contribution in [2.45, 2.75) is 25.2 Å². The van der Waals surface area contributed by atoms with E-state index in [1.165, 1.54) is 20.1 Å². The van der Waals surface area contributed by atoms with Crippen molar-refractivity contribution in [2.24, 2.45) is 0 Å². The van der Waals surface area contributed by atoms with Crippen LogP contribution in [0, 0.1) is 6.92 Å². The molecule has 0 aliphatic carbocycles. The zero-order chi connectivity index (χ0) is 13.8. The highest BCUT2D eigenvalue weighted by Gasteiger charge is 2.19. The highest BCUT2D eigenvalue weighted by atomic mass is 32.2. The van der Waals surface area contributed by atoms with Crippen LogP contribution in [0.3, 0.4) is 0 Å². The van der Waals surface area contributed by atoms with E-state index in [0.717, 1.165) is 5.56 Å². The van der Waals surface area contributed by atoms with Crippen molar-refractivity contribution in [1.82, 2.24) is 4.72 Å². The molecular formula is C12H17NO4S. The van der Waals surface area contributed by atoms with Crippen molar-refractivity contribution >= 4 is 15.8 Å². The molecule has 0 amide bonds. The van der Waals surface area contributed by atoms with Crippen LogP contribution in [0.5, 0.6) is 5.75 Å². The first-order valence-corrected chi connectivity index (χ1v) is 6.99. The summed E-state index contributed by atoms with van der Waals surface area (Å²) in [5.74, 6) is 0.227. The lowest BCUT2D eigenvalue weighted by Crippen LogP contribution is -2.26. The average molecular weight is 271 g/mol. The van der Waals surface area contributed by atoms with Gasteiger partial charge in [-0.05, 0) is 31.5 Å². The Balaban J connectivity index is 2.97. The zero-order valence-electron chi connectivity index (χ0n) is 10.7. The van der Waals surface area contributed by atoms with E-state index in [1.54, 1.807) is 19.1 Å². The molecule has 1 N–H and O–H groups in total. The van der Waals surface area contributed by atoms with Gasteiger partial charge in [0.2, 0.25) is 10.0 Å². The summed E-state index contributed by atoms with van der Waals surface area (Å²) in [4.78, 5) is 10.9. The van der Waals surface area contributed by atoms with E-state index in [2.05, 4.69) is 4.72 Å². The van der Waals surface area contributed by atoms with E-state index in [4.69, 9.17) is 4.74 Å². The Bertz CT molecular complexity index is 537. The summed E-state index contributed by atoms with van der Waals surface area (Å²) in [5.41, 5.74) is 0.822. The molecule has 0 bridgehead atoms. The molecule has 0 aromatic heterocycles. The SMILES string of the molecule is COc1ccc(C)cc1S(=O)(=O)NCCC(C)=O. The van der Waals surface area contributed by atoms with Crippen LogP contribution in [0.1, 0.15) is 18.9 Å². The fourth-order valence-electron chi connectivity index (χ4n) is 1.43. The van der Waals surface area contributed by atoms with Crippen LogP contribution in [0.15, 0.2) is 23.1 Å². The topological polar surface area (TPSA) is 72.5 Å². The Labute approximate surface area is 107 Å². The molecule has 0 saturated heterocycles. The normalized spacial score (nSPS) is 11.3. The minimum absolute atomic E-state index is 0.0612. The van der Waals surface area contributed by atoms with Gasteiger partial charge in [-0.15, -0.1) is 0 Å². The van der Waals surface area contributed by atoms with Crippen molar-refractivity contribution in [3.8, 4) is 5.75 Å². The van der Waals surface area contributed by atoms with Gasteiger partial charge in [0.1, 0.15) is 16.4 Å². The lowest BCUT2D eigenvalue weighted by molar-refractivity contribution is -0.116. The Morgan fingerprint density at radius 1 is 1.39 bits per heavy atom. The predicted octanol–water partition coefficient (Wildman–Crippen LogP) is 1.26. The van der Waals surface area contributed by atoms with Gasteiger partial charge in [-0.2, -0.15) is 0 Å². The Kier molecular flexibility index (Phi) is 4.86. The minimum atomic E-state index is -3.65. The molecule has 1 aromatic carbocycles. The molecule has 0 heterocycles. The highest BCUT2D eigenvalue weighted by Crippen LogP contribution is 2.24. The molecular weight excluding hydrogens is 254 g/mol. The van der Waals surface area contributed by atoms with Crippen LogP contribution in [0.25, 0.3) is 0 Å². The van der Waals surface area contributed by atoms with Crippen LogP contribution in [0.2, 0.25) is 0 Å². The molecule has 100 valence electrons. The third-order valence-corrected chi connectivity index (χ3v) is 3.86. The number of carbonyl (C=O) groups is 1. The first kappa shape index (κ1) is 14.7. The summed E-state index contributed by atoms with van der Waals surface area (Å²) in [7, 11) is -2.23. The number of methoxy groups -OCH3 is 1. The van der Waals surface area contributed by atoms with Gasteiger partial charge in [-0.1, -0.05) is 6.07 Å². The van der Waals surface area contributed by atoms with E-state index in [1.807, 2.05) is 0 Å². The van der Waals surface area contributed by atoms with Crippen LogP contribution < -0.4 is 9.46 Å². The number of aryl methyl sites for hydroxylation is 1. The van der Waals surface area contributed by atoms with Crippen LogP contribution in [-0.2, 0) is 14.8 Å². The summed E-state index contributed by atoms with van der Waals surface area (Å²) in [6, 6.07) is 4.91.